The van der Waals surface area contributed by atoms with Gasteiger partial charge in [0.15, 0.2) is 0 Å². The topological polar surface area (TPSA) is 40.5 Å². The summed E-state index contributed by atoms with van der Waals surface area (Å²) in [7, 11) is 0. The van der Waals surface area contributed by atoms with Crippen LogP contribution in [0.1, 0.15) is 36.5 Å². The number of aliphatic hydroxyl groups is 1. The van der Waals surface area contributed by atoms with Crippen LogP contribution >= 0.6 is 0 Å². The Kier molecular flexibility index (Phi) is 4.96. The molecule has 0 aromatic heterocycles. The van der Waals surface area contributed by atoms with Crippen molar-refractivity contribution < 1.29 is 9.90 Å². The molecule has 0 saturated carbocycles. The third kappa shape index (κ3) is 3.09. The number of piperidine rings is 1. The SMILES string of the molecule is C=CCC(O)(CC=C)[C@H]1C[C@H]2C=C[C@@H]1N(C(=O)c1ccccc1)[C@@H]2C. The smallest absolute Gasteiger partial charge is 0.254 e. The molecule has 1 N–H and O–H groups in total. The van der Waals surface area contributed by atoms with Crippen LogP contribution in [-0.4, -0.2) is 33.6 Å². The second-order valence-corrected chi connectivity index (χ2v) is 7.29. The maximum atomic E-state index is 13.2. The number of amides is 1. The summed E-state index contributed by atoms with van der Waals surface area (Å²) in [4.78, 5) is 15.1. The molecule has 1 saturated heterocycles. The zero-order valence-electron chi connectivity index (χ0n) is 14.8. The van der Waals surface area contributed by atoms with Gasteiger partial charge in [0, 0.05) is 17.5 Å². The summed E-state index contributed by atoms with van der Waals surface area (Å²) < 4.78 is 0. The second kappa shape index (κ2) is 7.01. The number of hydrogen-bond acceptors (Lipinski definition) is 2. The maximum Gasteiger partial charge on any atom is 0.254 e. The quantitative estimate of drug-likeness (QED) is 0.798. The van der Waals surface area contributed by atoms with Gasteiger partial charge in [0.1, 0.15) is 0 Å². The highest BCUT2D eigenvalue weighted by atomic mass is 16.3. The largest absolute Gasteiger partial charge is 0.389 e. The van der Waals surface area contributed by atoms with E-state index in [9.17, 15) is 9.90 Å². The van der Waals surface area contributed by atoms with Gasteiger partial charge in [-0.1, -0.05) is 42.5 Å². The van der Waals surface area contributed by atoms with E-state index in [1.54, 1.807) is 12.2 Å². The van der Waals surface area contributed by atoms with Crippen LogP contribution in [0, 0.1) is 11.8 Å². The highest BCUT2D eigenvalue weighted by Gasteiger charge is 2.51. The van der Waals surface area contributed by atoms with E-state index < -0.39 is 5.60 Å². The number of rotatable bonds is 6. The van der Waals surface area contributed by atoms with Crippen molar-refractivity contribution in [2.24, 2.45) is 11.8 Å². The van der Waals surface area contributed by atoms with Crippen molar-refractivity contribution >= 4 is 5.91 Å². The average molecular weight is 337 g/mol. The van der Waals surface area contributed by atoms with E-state index in [4.69, 9.17) is 0 Å². The van der Waals surface area contributed by atoms with Gasteiger partial charge in [-0.3, -0.25) is 4.79 Å². The summed E-state index contributed by atoms with van der Waals surface area (Å²) in [5.74, 6) is 0.294. The van der Waals surface area contributed by atoms with Crippen LogP contribution in [0.5, 0.6) is 0 Å². The van der Waals surface area contributed by atoms with Gasteiger partial charge in [0.05, 0.1) is 11.6 Å². The number of benzene rings is 1. The minimum absolute atomic E-state index is 0.0117. The van der Waals surface area contributed by atoms with Crippen LogP contribution in [-0.2, 0) is 0 Å². The summed E-state index contributed by atoms with van der Waals surface area (Å²) >= 11 is 0. The van der Waals surface area contributed by atoms with E-state index in [0.29, 0.717) is 18.4 Å². The third-order valence-corrected chi connectivity index (χ3v) is 5.81. The molecule has 25 heavy (non-hydrogen) atoms. The Bertz CT molecular complexity index is 669. The first-order valence-electron chi connectivity index (χ1n) is 9.02. The zero-order valence-corrected chi connectivity index (χ0v) is 14.8. The highest BCUT2D eigenvalue weighted by molar-refractivity contribution is 5.95. The molecule has 1 aromatic rings. The van der Waals surface area contributed by atoms with Crippen molar-refractivity contribution in [3.63, 3.8) is 0 Å². The lowest BCUT2D eigenvalue weighted by Gasteiger charge is -2.55. The number of carbonyl (C=O) groups excluding carboxylic acids is 1. The predicted molar refractivity (Wildman–Crippen MR) is 101 cm³/mol. The molecular weight excluding hydrogens is 310 g/mol. The molecule has 1 fully saturated rings. The minimum atomic E-state index is -0.910. The molecule has 0 radical (unpaired) electrons. The van der Waals surface area contributed by atoms with Gasteiger partial charge in [0.25, 0.3) is 5.91 Å². The first-order chi connectivity index (χ1) is 12.0. The molecule has 4 rings (SSSR count). The summed E-state index contributed by atoms with van der Waals surface area (Å²) in [5.41, 5.74) is -0.211. The number of hydrogen-bond donors (Lipinski definition) is 1. The van der Waals surface area contributed by atoms with Crippen molar-refractivity contribution in [1.29, 1.82) is 0 Å². The van der Waals surface area contributed by atoms with Crippen molar-refractivity contribution in [1.82, 2.24) is 4.90 Å². The molecule has 1 aliphatic carbocycles. The molecule has 2 aliphatic heterocycles. The third-order valence-electron chi connectivity index (χ3n) is 5.81. The van der Waals surface area contributed by atoms with Gasteiger partial charge in [-0.15, -0.1) is 13.2 Å². The molecular formula is C22H27NO2. The molecule has 1 amide bonds. The molecule has 132 valence electrons. The second-order valence-electron chi connectivity index (χ2n) is 7.29. The van der Waals surface area contributed by atoms with Gasteiger partial charge in [0.2, 0.25) is 0 Å². The summed E-state index contributed by atoms with van der Waals surface area (Å²) in [5, 5.41) is 11.3. The summed E-state index contributed by atoms with van der Waals surface area (Å²) in [6.45, 7) is 9.73. The number of nitrogens with zero attached hydrogens (tertiary/aromatic N) is 1. The van der Waals surface area contributed by atoms with Crippen molar-refractivity contribution in [3.8, 4) is 0 Å². The average Bonchev–Trinajstić information content (AvgIpc) is 2.63. The van der Waals surface area contributed by atoms with Gasteiger partial charge in [-0.05, 0) is 44.2 Å². The summed E-state index contributed by atoms with van der Waals surface area (Å²) in [6, 6.07) is 9.44. The Morgan fingerprint density at radius 2 is 1.88 bits per heavy atom. The van der Waals surface area contributed by atoms with E-state index in [0.717, 1.165) is 6.42 Å². The highest BCUT2D eigenvalue weighted by Crippen LogP contribution is 2.46. The van der Waals surface area contributed by atoms with Crippen LogP contribution in [0.15, 0.2) is 67.8 Å². The number of carbonyl (C=O) groups is 1. The lowest BCUT2D eigenvalue weighted by molar-refractivity contribution is -0.0790. The van der Waals surface area contributed by atoms with Crippen LogP contribution in [0.25, 0.3) is 0 Å². The molecule has 4 atom stereocenters. The Balaban J connectivity index is 1.95. The molecule has 1 aromatic carbocycles. The van der Waals surface area contributed by atoms with Crippen molar-refractivity contribution in [2.45, 2.75) is 43.9 Å². The Morgan fingerprint density at radius 3 is 2.48 bits per heavy atom. The summed E-state index contributed by atoms with van der Waals surface area (Å²) in [6.07, 6.45) is 9.74. The molecule has 3 aliphatic rings. The zero-order chi connectivity index (χ0) is 18.0. The van der Waals surface area contributed by atoms with Gasteiger partial charge >= 0.3 is 0 Å². The monoisotopic (exact) mass is 337 g/mol. The maximum absolute atomic E-state index is 13.2. The molecule has 0 unspecified atom stereocenters. The standard InChI is InChI=1S/C22H27NO2/c1-4-13-22(25,14-5-2)19-15-18-11-12-20(19)23(16(18)3)21(24)17-9-7-6-8-10-17/h4-12,16,18-20,25H,1-2,13-15H2,3H3/t16-,18-,19+,20+/m1/s1. The van der Waals surface area contributed by atoms with Gasteiger partial charge < -0.3 is 10.0 Å². The van der Waals surface area contributed by atoms with Crippen molar-refractivity contribution in [3.05, 3.63) is 73.4 Å². The molecule has 3 nitrogen and oxygen atoms in total. The minimum Gasteiger partial charge on any atom is -0.389 e. The lowest BCUT2D eigenvalue weighted by Crippen LogP contribution is -2.62. The first kappa shape index (κ1) is 17.7. The van der Waals surface area contributed by atoms with Crippen molar-refractivity contribution in [2.75, 3.05) is 0 Å². The molecule has 2 bridgehead atoms. The first-order valence-corrected chi connectivity index (χ1v) is 9.02. The Hall–Kier alpha value is -2.13. The van der Waals surface area contributed by atoms with E-state index in [2.05, 4.69) is 32.2 Å². The van der Waals surface area contributed by atoms with Gasteiger partial charge in [-0.2, -0.15) is 0 Å². The normalized spacial score (nSPS) is 28.0. The predicted octanol–water partition coefficient (Wildman–Crippen LogP) is 3.98. The molecule has 3 heteroatoms. The van der Waals surface area contributed by atoms with Crippen LogP contribution in [0.4, 0.5) is 0 Å². The Morgan fingerprint density at radius 1 is 1.24 bits per heavy atom. The number of fused-ring (bicyclic) bond motifs is 2. The van der Waals surface area contributed by atoms with Crippen LogP contribution < -0.4 is 0 Å². The fourth-order valence-corrected chi connectivity index (χ4v) is 4.50. The van der Waals surface area contributed by atoms with Crippen LogP contribution in [0.2, 0.25) is 0 Å². The Labute approximate surface area is 150 Å². The van der Waals surface area contributed by atoms with Gasteiger partial charge in [-0.25, -0.2) is 0 Å². The van der Waals surface area contributed by atoms with E-state index in [1.807, 2.05) is 35.2 Å². The lowest BCUT2D eigenvalue weighted by atomic mass is 9.65. The van der Waals surface area contributed by atoms with Crippen LogP contribution in [0.3, 0.4) is 0 Å². The fraction of sp³-hybridized carbons (Fsp3) is 0.409. The molecule has 0 spiro atoms. The van der Waals surface area contributed by atoms with E-state index in [-0.39, 0.29) is 29.8 Å². The fourth-order valence-electron chi connectivity index (χ4n) is 4.50. The molecule has 2 heterocycles. The van der Waals surface area contributed by atoms with E-state index in [1.165, 1.54) is 0 Å². The van der Waals surface area contributed by atoms with E-state index >= 15 is 0 Å².